The first-order valence-corrected chi connectivity index (χ1v) is 9.44. The molecule has 1 aliphatic rings. The Bertz CT molecular complexity index is 1220. The highest BCUT2D eigenvalue weighted by Crippen LogP contribution is 2.29. The van der Waals surface area contributed by atoms with Gasteiger partial charge < -0.3 is 5.32 Å². The molecule has 0 spiro atoms. The van der Waals surface area contributed by atoms with E-state index in [1.165, 1.54) is 6.07 Å². The lowest BCUT2D eigenvalue weighted by Crippen LogP contribution is -2.31. The Balaban J connectivity index is 1.59. The number of fused-ring (bicyclic) bond motifs is 2. The molecule has 3 aromatic heterocycles. The smallest absolute Gasteiger partial charge is 0.156 e. The minimum atomic E-state index is -0.384. The third-order valence-electron chi connectivity index (χ3n) is 5.37. The highest BCUT2D eigenvalue weighted by Gasteiger charge is 2.32. The number of nitrogens with one attached hydrogen (secondary N) is 1. The Morgan fingerprint density at radius 2 is 1.96 bits per heavy atom. The van der Waals surface area contributed by atoms with Crippen LogP contribution in [-0.2, 0) is 0 Å². The van der Waals surface area contributed by atoms with Crippen molar-refractivity contribution in [1.82, 2.24) is 34.9 Å². The van der Waals surface area contributed by atoms with Gasteiger partial charge in [-0.25, -0.2) is 13.9 Å². The third kappa shape index (κ3) is 2.75. The minimum absolute atomic E-state index is 0.0357. The van der Waals surface area contributed by atoms with Crippen LogP contribution in [0.25, 0.3) is 27.9 Å². The van der Waals surface area contributed by atoms with Crippen molar-refractivity contribution in [3.8, 4) is 11.3 Å². The summed E-state index contributed by atoms with van der Waals surface area (Å²) in [5.41, 5.74) is 4.93. The van der Waals surface area contributed by atoms with E-state index in [2.05, 4.69) is 39.4 Å². The quantitative estimate of drug-likeness (QED) is 0.579. The highest BCUT2D eigenvalue weighted by atomic mass is 19.1. The molecule has 1 fully saturated rings. The summed E-state index contributed by atoms with van der Waals surface area (Å²) in [6.07, 6.45) is 2.77. The second-order valence-electron chi connectivity index (χ2n) is 8.33. The molecule has 0 bridgehead atoms. The van der Waals surface area contributed by atoms with Crippen molar-refractivity contribution >= 4 is 16.7 Å². The van der Waals surface area contributed by atoms with Crippen LogP contribution in [-0.4, -0.2) is 41.7 Å². The molecule has 144 valence electrons. The van der Waals surface area contributed by atoms with Crippen LogP contribution in [0.15, 0.2) is 24.4 Å². The zero-order valence-electron chi connectivity index (χ0n) is 16.4. The molecule has 28 heavy (non-hydrogen) atoms. The van der Waals surface area contributed by atoms with Crippen LogP contribution in [0.4, 0.5) is 4.39 Å². The van der Waals surface area contributed by atoms with Crippen molar-refractivity contribution in [1.29, 1.82) is 0 Å². The molecule has 0 amide bonds. The van der Waals surface area contributed by atoms with E-state index in [1.807, 2.05) is 32.2 Å². The van der Waals surface area contributed by atoms with E-state index in [0.717, 1.165) is 29.9 Å². The monoisotopic (exact) mass is 379 g/mol. The van der Waals surface area contributed by atoms with E-state index in [0.29, 0.717) is 22.3 Å². The minimum Gasteiger partial charge on any atom is -0.310 e. The predicted molar refractivity (Wildman–Crippen MR) is 105 cm³/mol. The Morgan fingerprint density at radius 1 is 1.14 bits per heavy atom. The molecule has 1 unspecified atom stereocenters. The fourth-order valence-corrected chi connectivity index (χ4v) is 3.98. The molecule has 1 aliphatic heterocycles. The van der Waals surface area contributed by atoms with Crippen LogP contribution in [0.1, 0.15) is 37.6 Å². The molecule has 0 radical (unpaired) electrons. The second kappa shape index (κ2) is 5.81. The van der Waals surface area contributed by atoms with Gasteiger partial charge in [0.25, 0.3) is 0 Å². The SMILES string of the molecule is Cc1cn2nc(-c3cc(F)c4nn(C5CNC(C)(C)C5)nc4c3)cc(C)c2n1. The van der Waals surface area contributed by atoms with Crippen molar-refractivity contribution in [2.24, 2.45) is 0 Å². The average Bonchev–Trinajstić information content (AvgIpc) is 3.30. The van der Waals surface area contributed by atoms with Crippen LogP contribution in [0, 0.1) is 19.7 Å². The predicted octanol–water partition coefficient (Wildman–Crippen LogP) is 3.21. The lowest BCUT2D eigenvalue weighted by Gasteiger charge is -2.16. The van der Waals surface area contributed by atoms with Gasteiger partial charge in [0.15, 0.2) is 11.5 Å². The first-order valence-electron chi connectivity index (χ1n) is 9.44. The molecule has 1 aromatic carbocycles. The third-order valence-corrected chi connectivity index (χ3v) is 5.37. The van der Waals surface area contributed by atoms with Crippen LogP contribution < -0.4 is 5.32 Å². The molecule has 0 saturated carbocycles. The van der Waals surface area contributed by atoms with E-state index in [9.17, 15) is 4.39 Å². The normalized spacial score (nSPS) is 19.1. The van der Waals surface area contributed by atoms with Gasteiger partial charge in [-0.3, -0.25) is 0 Å². The first-order chi connectivity index (χ1) is 13.3. The summed E-state index contributed by atoms with van der Waals surface area (Å²) in [6.45, 7) is 8.98. The Hall–Kier alpha value is -2.87. The molecule has 1 N–H and O–H groups in total. The van der Waals surface area contributed by atoms with Crippen LogP contribution in [0.3, 0.4) is 0 Å². The number of imidazole rings is 1. The van der Waals surface area contributed by atoms with E-state index in [4.69, 9.17) is 0 Å². The van der Waals surface area contributed by atoms with Crippen molar-refractivity contribution in [2.45, 2.75) is 45.7 Å². The van der Waals surface area contributed by atoms with Crippen molar-refractivity contribution in [3.63, 3.8) is 0 Å². The summed E-state index contributed by atoms with van der Waals surface area (Å²) >= 11 is 0. The zero-order chi connectivity index (χ0) is 19.6. The molecule has 1 saturated heterocycles. The summed E-state index contributed by atoms with van der Waals surface area (Å²) in [5.74, 6) is -0.384. The van der Waals surface area contributed by atoms with E-state index in [1.54, 1.807) is 9.31 Å². The molecule has 4 heterocycles. The van der Waals surface area contributed by atoms with E-state index < -0.39 is 0 Å². The van der Waals surface area contributed by atoms with Crippen molar-refractivity contribution in [2.75, 3.05) is 6.54 Å². The van der Waals surface area contributed by atoms with E-state index in [-0.39, 0.29) is 17.4 Å². The van der Waals surface area contributed by atoms with Gasteiger partial charge in [-0.15, -0.1) is 5.10 Å². The Morgan fingerprint density at radius 3 is 2.71 bits per heavy atom. The first kappa shape index (κ1) is 17.2. The number of aryl methyl sites for hydroxylation is 2. The molecular weight excluding hydrogens is 357 g/mol. The largest absolute Gasteiger partial charge is 0.310 e. The molecule has 1 atom stereocenters. The number of nitrogens with zero attached hydrogens (tertiary/aromatic N) is 6. The van der Waals surface area contributed by atoms with Crippen LogP contribution in [0.5, 0.6) is 0 Å². The topological polar surface area (TPSA) is 72.9 Å². The van der Waals surface area contributed by atoms with Crippen LogP contribution >= 0.6 is 0 Å². The second-order valence-corrected chi connectivity index (χ2v) is 8.33. The number of hydrogen-bond donors (Lipinski definition) is 1. The number of benzene rings is 1. The van der Waals surface area contributed by atoms with Crippen LogP contribution in [0.2, 0.25) is 0 Å². The molecule has 8 heteroatoms. The molecular formula is C20H22FN7. The maximum absolute atomic E-state index is 14.8. The van der Waals surface area contributed by atoms with Crippen molar-refractivity contribution in [3.05, 3.63) is 41.5 Å². The van der Waals surface area contributed by atoms with E-state index >= 15 is 0 Å². The summed E-state index contributed by atoms with van der Waals surface area (Å²) in [6, 6.07) is 5.38. The maximum atomic E-state index is 14.8. The molecule has 5 rings (SSSR count). The molecule has 7 nitrogen and oxygen atoms in total. The fourth-order valence-electron chi connectivity index (χ4n) is 3.98. The standard InChI is InChI=1S/C20H22FN7/c1-11-5-16(24-27-10-12(2)23-19(11)27)13-6-15(21)18-17(7-13)25-28(26-18)14-8-20(3,4)22-9-14/h5-7,10,14,22H,8-9H2,1-4H3. The summed E-state index contributed by atoms with van der Waals surface area (Å²) in [7, 11) is 0. The van der Waals surface area contributed by atoms with Gasteiger partial charge in [-0.2, -0.15) is 15.0 Å². The Kier molecular flexibility index (Phi) is 3.58. The number of rotatable bonds is 2. The lowest BCUT2D eigenvalue weighted by atomic mass is 10.0. The maximum Gasteiger partial charge on any atom is 0.156 e. The Labute approximate surface area is 161 Å². The van der Waals surface area contributed by atoms with Gasteiger partial charge in [0.1, 0.15) is 11.0 Å². The number of halogens is 1. The van der Waals surface area contributed by atoms with Gasteiger partial charge in [0.2, 0.25) is 0 Å². The highest BCUT2D eigenvalue weighted by molar-refractivity contribution is 5.81. The van der Waals surface area contributed by atoms with Gasteiger partial charge in [0.05, 0.1) is 23.6 Å². The molecule has 0 aliphatic carbocycles. The molecule has 4 aromatic rings. The van der Waals surface area contributed by atoms with Gasteiger partial charge in [-0.05, 0) is 57.9 Å². The van der Waals surface area contributed by atoms with Gasteiger partial charge >= 0.3 is 0 Å². The summed E-state index contributed by atoms with van der Waals surface area (Å²) in [5, 5.41) is 17.0. The van der Waals surface area contributed by atoms with Crippen molar-refractivity contribution < 1.29 is 4.39 Å². The lowest BCUT2D eigenvalue weighted by molar-refractivity contribution is 0.398. The number of hydrogen-bond acceptors (Lipinski definition) is 5. The summed E-state index contributed by atoms with van der Waals surface area (Å²) in [4.78, 5) is 6.12. The zero-order valence-corrected chi connectivity index (χ0v) is 16.4. The summed E-state index contributed by atoms with van der Waals surface area (Å²) < 4.78 is 16.6. The van der Waals surface area contributed by atoms with Gasteiger partial charge in [-0.1, -0.05) is 0 Å². The van der Waals surface area contributed by atoms with Gasteiger partial charge in [0, 0.05) is 17.6 Å². The average molecular weight is 379 g/mol. The fraction of sp³-hybridized carbons (Fsp3) is 0.400. The number of aromatic nitrogens is 6.